The third-order valence-electron chi connectivity index (χ3n) is 11.5. The summed E-state index contributed by atoms with van der Waals surface area (Å²) in [6, 6.07) is 18.5. The van der Waals surface area contributed by atoms with E-state index in [0.29, 0.717) is 87.0 Å². The first-order chi connectivity index (χ1) is 29.4. The minimum absolute atomic E-state index is 0.215. The molecule has 0 spiro atoms. The van der Waals surface area contributed by atoms with E-state index >= 15 is 4.79 Å². The van der Waals surface area contributed by atoms with Crippen molar-refractivity contribution in [3.8, 4) is 22.6 Å². The van der Waals surface area contributed by atoms with Gasteiger partial charge in [-0.05, 0) is 113 Å². The number of aliphatic hydroxyl groups is 1. The molecular weight excluding hydrogens is 815 g/mol. The third kappa shape index (κ3) is 7.36. The van der Waals surface area contributed by atoms with E-state index in [0.717, 1.165) is 50.2 Å². The summed E-state index contributed by atoms with van der Waals surface area (Å²) in [6.07, 6.45) is 2.81. The smallest absolute Gasteiger partial charge is 0.354 e. The van der Waals surface area contributed by atoms with Crippen molar-refractivity contribution in [1.29, 1.82) is 0 Å². The Hall–Kier alpha value is -5.95. The van der Waals surface area contributed by atoms with Gasteiger partial charge in [-0.3, -0.25) is 9.78 Å². The lowest BCUT2D eigenvalue weighted by atomic mass is 9.97. The quantitative estimate of drug-likeness (QED) is 0.0942. The number of carbonyl (C=O) groups is 2. The summed E-state index contributed by atoms with van der Waals surface area (Å²) in [5.41, 5.74) is 9.12. The average Bonchev–Trinajstić information content (AvgIpc) is 3.79. The zero-order chi connectivity index (χ0) is 43.3. The van der Waals surface area contributed by atoms with Crippen LogP contribution in [0.1, 0.15) is 80.0 Å². The number of anilines is 1. The van der Waals surface area contributed by atoms with Crippen LogP contribution in [0.3, 0.4) is 0 Å². The average molecular weight is 862 g/mol. The van der Waals surface area contributed by atoms with Gasteiger partial charge in [-0.1, -0.05) is 35.3 Å². The number of methoxy groups -OCH3 is 2. The SMILES string of the molecule is COC(=O)c1cc2c(OC)ccc(N3C[C@@H](C)n4c(c(CCCOc5cc(C)c(Cl)c(C)c5)c5ccc(Cl)c(-c6c(C)nc(CO)nc6C)c54)C3=O)c2n1Cc1ccccn1. The van der Waals surface area contributed by atoms with Gasteiger partial charge in [0.05, 0.1) is 54.8 Å². The standard InChI is InChI=1S/C47H46Cl2N6O6/c1-25-19-31(20-26(2)42(25)49)61-18-10-12-32-33-13-14-35(48)41(40-28(4)51-39(24-56)52-29(40)5)44(33)55-27(3)22-54(46(57)45(32)55)36-15-16-38(59-6)34-21-37(47(58)60-7)53(43(34)36)23-30-11-8-9-17-50-30/h8-9,11,13-17,19-21,27,56H,10,12,18,22-24H2,1-7H3/t27-/m1/s1. The molecule has 1 aliphatic rings. The van der Waals surface area contributed by atoms with Gasteiger partial charge in [0, 0.05) is 57.1 Å². The van der Waals surface area contributed by atoms with Crippen LogP contribution in [0.4, 0.5) is 5.69 Å². The number of hydrogen-bond donors (Lipinski definition) is 1. The summed E-state index contributed by atoms with van der Waals surface area (Å²) >= 11 is 13.6. The molecule has 0 fully saturated rings. The molecule has 8 rings (SSSR count). The molecule has 0 bridgehead atoms. The molecule has 12 nitrogen and oxygen atoms in total. The summed E-state index contributed by atoms with van der Waals surface area (Å²) in [4.78, 5) is 44.5. The number of carbonyl (C=O) groups excluding carboxylic acids is 2. The molecule has 0 unspecified atom stereocenters. The van der Waals surface area contributed by atoms with Gasteiger partial charge >= 0.3 is 5.97 Å². The van der Waals surface area contributed by atoms with Gasteiger partial charge in [-0.15, -0.1) is 0 Å². The molecule has 14 heteroatoms. The molecule has 0 aliphatic carbocycles. The monoisotopic (exact) mass is 860 g/mol. The fourth-order valence-electron chi connectivity index (χ4n) is 8.84. The number of benzene rings is 3. The predicted molar refractivity (Wildman–Crippen MR) is 238 cm³/mol. The van der Waals surface area contributed by atoms with Gasteiger partial charge < -0.3 is 33.4 Å². The van der Waals surface area contributed by atoms with Gasteiger partial charge in [0.15, 0.2) is 5.82 Å². The summed E-state index contributed by atoms with van der Waals surface area (Å²) in [6.45, 7) is 10.4. The van der Waals surface area contributed by atoms with Crippen molar-refractivity contribution in [1.82, 2.24) is 24.1 Å². The number of aromatic nitrogens is 5. The van der Waals surface area contributed by atoms with Crippen LogP contribution in [0.25, 0.3) is 32.9 Å². The number of pyridine rings is 1. The predicted octanol–water partition coefficient (Wildman–Crippen LogP) is 9.56. The number of aliphatic hydroxyl groups excluding tert-OH is 1. The summed E-state index contributed by atoms with van der Waals surface area (Å²) in [7, 11) is 2.92. The number of ether oxygens (including phenoxy) is 3. The second kappa shape index (κ2) is 16.8. The molecule has 7 aromatic rings. The molecule has 1 amide bonds. The normalized spacial score (nSPS) is 13.9. The van der Waals surface area contributed by atoms with Crippen LogP contribution >= 0.6 is 23.2 Å². The van der Waals surface area contributed by atoms with Crippen molar-refractivity contribution in [2.75, 3.05) is 32.3 Å². The zero-order valence-electron chi connectivity index (χ0n) is 35.1. The lowest BCUT2D eigenvalue weighted by Gasteiger charge is -2.35. The largest absolute Gasteiger partial charge is 0.496 e. The van der Waals surface area contributed by atoms with Crippen molar-refractivity contribution in [2.24, 2.45) is 0 Å². The number of hydrogen-bond acceptors (Lipinski definition) is 9. The topological polar surface area (TPSA) is 134 Å². The van der Waals surface area contributed by atoms with Gasteiger partial charge in [0.1, 0.15) is 29.5 Å². The van der Waals surface area contributed by atoms with Crippen LogP contribution in [-0.2, 0) is 24.3 Å². The Labute approximate surface area is 363 Å². The Morgan fingerprint density at radius 1 is 0.918 bits per heavy atom. The van der Waals surface area contributed by atoms with Crippen molar-refractivity contribution in [2.45, 2.75) is 66.7 Å². The Kier molecular flexibility index (Phi) is 11.5. The van der Waals surface area contributed by atoms with Crippen LogP contribution in [-0.4, -0.2) is 68.4 Å². The van der Waals surface area contributed by atoms with Crippen molar-refractivity contribution < 1.29 is 28.9 Å². The lowest BCUT2D eigenvalue weighted by molar-refractivity contribution is 0.0589. The molecule has 3 aromatic carbocycles. The van der Waals surface area contributed by atoms with E-state index in [9.17, 15) is 9.90 Å². The maximum atomic E-state index is 15.6. The van der Waals surface area contributed by atoms with E-state index in [2.05, 4.69) is 26.4 Å². The van der Waals surface area contributed by atoms with E-state index < -0.39 is 5.97 Å². The zero-order valence-corrected chi connectivity index (χ0v) is 36.6. The van der Waals surface area contributed by atoms with E-state index in [1.165, 1.54) is 7.11 Å². The van der Waals surface area contributed by atoms with Crippen molar-refractivity contribution >= 4 is 62.6 Å². The molecule has 1 N–H and O–H groups in total. The maximum Gasteiger partial charge on any atom is 0.354 e. The molecule has 314 valence electrons. The molecule has 61 heavy (non-hydrogen) atoms. The number of rotatable bonds is 12. The highest BCUT2D eigenvalue weighted by molar-refractivity contribution is 6.35. The lowest BCUT2D eigenvalue weighted by Crippen LogP contribution is -2.43. The third-order valence-corrected chi connectivity index (χ3v) is 12.4. The van der Waals surface area contributed by atoms with Gasteiger partial charge in [-0.25, -0.2) is 14.8 Å². The first-order valence-electron chi connectivity index (χ1n) is 20.1. The van der Waals surface area contributed by atoms with Crippen LogP contribution < -0.4 is 14.4 Å². The minimum atomic E-state index is -0.530. The van der Waals surface area contributed by atoms with Gasteiger partial charge in [0.2, 0.25) is 0 Å². The van der Waals surface area contributed by atoms with Crippen molar-refractivity contribution in [3.05, 3.63) is 128 Å². The number of esters is 1. The van der Waals surface area contributed by atoms with E-state index in [-0.39, 0.29) is 25.1 Å². The second-order valence-corrected chi connectivity index (χ2v) is 16.2. The van der Waals surface area contributed by atoms with Crippen LogP contribution in [0, 0.1) is 27.7 Å². The molecular formula is C47H46Cl2N6O6. The number of aryl methyl sites for hydroxylation is 5. The first kappa shape index (κ1) is 41.8. The molecule has 5 heterocycles. The van der Waals surface area contributed by atoms with Crippen molar-refractivity contribution in [3.63, 3.8) is 0 Å². The molecule has 0 saturated heterocycles. The summed E-state index contributed by atoms with van der Waals surface area (Å²) < 4.78 is 21.3. The van der Waals surface area contributed by atoms with E-state index in [4.69, 9.17) is 37.4 Å². The molecule has 0 saturated carbocycles. The minimum Gasteiger partial charge on any atom is -0.496 e. The first-order valence-corrected chi connectivity index (χ1v) is 20.8. The highest BCUT2D eigenvalue weighted by Gasteiger charge is 2.38. The second-order valence-electron chi connectivity index (χ2n) is 15.4. The van der Waals surface area contributed by atoms with E-state index in [1.54, 1.807) is 24.3 Å². The van der Waals surface area contributed by atoms with E-state index in [1.807, 2.05) is 86.9 Å². The Balaban J connectivity index is 1.31. The molecule has 1 atom stereocenters. The van der Waals surface area contributed by atoms with Crippen LogP contribution in [0.5, 0.6) is 11.5 Å². The summed E-state index contributed by atoms with van der Waals surface area (Å²) in [5, 5.41) is 12.7. The molecule has 1 aliphatic heterocycles. The van der Waals surface area contributed by atoms with Gasteiger partial charge in [0.25, 0.3) is 5.91 Å². The van der Waals surface area contributed by atoms with Crippen LogP contribution in [0.2, 0.25) is 10.0 Å². The molecule has 0 radical (unpaired) electrons. The Morgan fingerprint density at radius 3 is 2.31 bits per heavy atom. The fraction of sp³-hybridized carbons (Fsp3) is 0.298. The van der Waals surface area contributed by atoms with Crippen LogP contribution in [0.15, 0.2) is 66.9 Å². The summed E-state index contributed by atoms with van der Waals surface area (Å²) in [5.74, 6) is 0.848. The maximum absolute atomic E-state index is 15.6. The molecule has 4 aromatic heterocycles. The number of fused-ring (bicyclic) bond motifs is 4. The number of amides is 1. The number of nitrogens with zero attached hydrogens (tertiary/aromatic N) is 6. The fourth-order valence-corrected chi connectivity index (χ4v) is 9.20. The highest BCUT2D eigenvalue weighted by atomic mass is 35.5. The Bertz CT molecular complexity index is 2820. The number of halogens is 2. The Morgan fingerprint density at radius 2 is 1.66 bits per heavy atom. The highest BCUT2D eigenvalue weighted by Crippen LogP contribution is 2.46. The van der Waals surface area contributed by atoms with Gasteiger partial charge in [-0.2, -0.15) is 0 Å².